The van der Waals surface area contributed by atoms with Crippen molar-refractivity contribution in [1.29, 1.82) is 0 Å². The Morgan fingerprint density at radius 3 is 2.61 bits per heavy atom. The zero-order valence-electron chi connectivity index (χ0n) is 14.1. The highest BCUT2D eigenvalue weighted by Crippen LogP contribution is 2.29. The molecule has 4 rings (SSSR count). The minimum atomic E-state index is -4.46. The molecule has 2 aromatic carbocycles. The zero-order chi connectivity index (χ0) is 19.9. The zero-order valence-corrected chi connectivity index (χ0v) is 14.8. The third-order valence-electron chi connectivity index (χ3n) is 4.09. The van der Waals surface area contributed by atoms with Gasteiger partial charge in [-0.15, -0.1) is 5.10 Å². The number of nitrogens with zero attached hydrogens (tertiary/aromatic N) is 5. The molecular weight excluding hydrogens is 395 g/mol. The summed E-state index contributed by atoms with van der Waals surface area (Å²) >= 11 is 5.98. The molecule has 0 bridgehead atoms. The highest BCUT2D eigenvalue weighted by molar-refractivity contribution is 6.30. The van der Waals surface area contributed by atoms with Crippen molar-refractivity contribution >= 4 is 22.8 Å². The summed E-state index contributed by atoms with van der Waals surface area (Å²) in [5.41, 5.74) is -0.144. The van der Waals surface area contributed by atoms with Gasteiger partial charge in [-0.2, -0.15) is 17.9 Å². The molecule has 4 aromatic rings. The smallest absolute Gasteiger partial charge is 0.293 e. The molecule has 2 aromatic heterocycles. The van der Waals surface area contributed by atoms with Crippen LogP contribution in [0.5, 0.6) is 0 Å². The van der Waals surface area contributed by atoms with Gasteiger partial charge >= 0.3 is 6.18 Å². The van der Waals surface area contributed by atoms with E-state index in [1.54, 1.807) is 24.3 Å². The molecule has 0 aliphatic rings. The van der Waals surface area contributed by atoms with Crippen molar-refractivity contribution in [2.75, 3.05) is 0 Å². The number of hydrogen-bond acceptors (Lipinski definition) is 4. The summed E-state index contributed by atoms with van der Waals surface area (Å²) < 4.78 is 41.2. The Morgan fingerprint density at radius 2 is 1.86 bits per heavy atom. The molecule has 0 N–H and O–H groups in total. The first-order chi connectivity index (χ1) is 13.3. The fourth-order valence-electron chi connectivity index (χ4n) is 2.78. The van der Waals surface area contributed by atoms with Crippen LogP contribution in [-0.2, 0) is 12.7 Å². The first kappa shape index (κ1) is 18.2. The molecule has 2 heterocycles. The highest BCUT2D eigenvalue weighted by atomic mass is 35.5. The molecule has 6 nitrogen and oxygen atoms in total. The molecule has 0 aliphatic carbocycles. The van der Waals surface area contributed by atoms with E-state index in [2.05, 4.69) is 15.3 Å². The third-order valence-corrected chi connectivity index (χ3v) is 4.32. The van der Waals surface area contributed by atoms with Crippen molar-refractivity contribution in [3.8, 4) is 5.69 Å². The molecule has 142 valence electrons. The van der Waals surface area contributed by atoms with E-state index < -0.39 is 17.3 Å². The van der Waals surface area contributed by atoms with E-state index in [0.29, 0.717) is 16.3 Å². The van der Waals surface area contributed by atoms with Crippen LogP contribution in [0, 0.1) is 0 Å². The summed E-state index contributed by atoms with van der Waals surface area (Å²) in [7, 11) is 0. The Labute approximate surface area is 160 Å². The number of halogens is 4. The van der Waals surface area contributed by atoms with Crippen molar-refractivity contribution in [3.05, 3.63) is 81.4 Å². The van der Waals surface area contributed by atoms with Gasteiger partial charge in [0.1, 0.15) is 6.33 Å². The summed E-state index contributed by atoms with van der Waals surface area (Å²) in [5.74, 6) is 0. The first-order valence-electron chi connectivity index (χ1n) is 8.06. The lowest BCUT2D eigenvalue weighted by Gasteiger charge is -2.10. The molecule has 28 heavy (non-hydrogen) atoms. The van der Waals surface area contributed by atoms with Gasteiger partial charge in [-0.05, 0) is 35.9 Å². The second-order valence-corrected chi connectivity index (χ2v) is 6.47. The van der Waals surface area contributed by atoms with Crippen molar-refractivity contribution < 1.29 is 13.2 Å². The normalized spacial score (nSPS) is 11.9. The summed E-state index contributed by atoms with van der Waals surface area (Å²) in [5, 5.41) is 8.31. The quantitative estimate of drug-likeness (QED) is 0.521. The van der Waals surface area contributed by atoms with Gasteiger partial charge in [0.15, 0.2) is 11.2 Å². The van der Waals surface area contributed by atoms with E-state index >= 15 is 0 Å². The average Bonchev–Trinajstić information content (AvgIpc) is 3.08. The first-order valence-corrected chi connectivity index (χ1v) is 8.43. The number of alkyl halides is 3. The van der Waals surface area contributed by atoms with Crippen LogP contribution >= 0.6 is 11.6 Å². The van der Waals surface area contributed by atoms with E-state index in [4.69, 9.17) is 11.6 Å². The molecular formula is C18H11ClF3N5O. The highest BCUT2D eigenvalue weighted by Gasteiger charge is 2.30. The molecule has 0 amide bonds. The lowest BCUT2D eigenvalue weighted by Crippen LogP contribution is -2.21. The fraction of sp³-hybridized carbons (Fsp3) is 0.111. The van der Waals surface area contributed by atoms with Crippen LogP contribution in [0.3, 0.4) is 0 Å². The van der Waals surface area contributed by atoms with E-state index in [1.807, 2.05) is 0 Å². The van der Waals surface area contributed by atoms with Gasteiger partial charge in [0.25, 0.3) is 5.56 Å². The van der Waals surface area contributed by atoms with E-state index in [0.717, 1.165) is 12.1 Å². The van der Waals surface area contributed by atoms with Gasteiger partial charge in [-0.25, -0.2) is 4.98 Å². The van der Waals surface area contributed by atoms with Crippen molar-refractivity contribution in [2.45, 2.75) is 12.7 Å². The Hall–Kier alpha value is -3.20. The van der Waals surface area contributed by atoms with Crippen LogP contribution in [0.25, 0.3) is 16.9 Å². The molecule has 0 spiro atoms. The van der Waals surface area contributed by atoms with Crippen molar-refractivity contribution in [1.82, 2.24) is 24.5 Å². The van der Waals surface area contributed by atoms with Crippen LogP contribution in [0.2, 0.25) is 5.02 Å². The molecule has 0 unspecified atom stereocenters. The largest absolute Gasteiger partial charge is 0.416 e. The molecule has 0 saturated carbocycles. The number of fused-ring (bicyclic) bond motifs is 1. The van der Waals surface area contributed by atoms with Crippen LogP contribution in [-0.4, -0.2) is 24.5 Å². The van der Waals surface area contributed by atoms with Gasteiger partial charge in [0.05, 0.1) is 17.8 Å². The molecule has 10 heteroatoms. The maximum atomic E-state index is 12.9. The fourth-order valence-corrected chi connectivity index (χ4v) is 2.97. The molecule has 0 atom stereocenters. The lowest BCUT2D eigenvalue weighted by molar-refractivity contribution is -0.137. The molecule has 0 aliphatic heterocycles. The Kier molecular flexibility index (Phi) is 4.38. The number of aromatic nitrogens is 5. The number of rotatable bonds is 3. The van der Waals surface area contributed by atoms with Crippen LogP contribution in [0.15, 0.2) is 59.7 Å². The summed E-state index contributed by atoms with van der Waals surface area (Å²) in [6.07, 6.45) is -3.20. The Morgan fingerprint density at radius 1 is 1.07 bits per heavy atom. The van der Waals surface area contributed by atoms with Gasteiger partial charge in [0, 0.05) is 5.02 Å². The monoisotopic (exact) mass is 405 g/mol. The van der Waals surface area contributed by atoms with E-state index in [1.165, 1.54) is 27.7 Å². The standard InChI is InChI=1S/C18H11ClF3N5O/c19-13-5-2-6-14(8-13)27-16-15(24-25-27)17(28)26(10-23-16)9-11-3-1-4-12(7-11)18(20,21)22/h1-8,10H,9H2. The van der Waals surface area contributed by atoms with Crippen LogP contribution in [0.1, 0.15) is 11.1 Å². The average molecular weight is 406 g/mol. The molecule has 0 saturated heterocycles. The summed E-state index contributed by atoms with van der Waals surface area (Å²) in [4.78, 5) is 16.9. The van der Waals surface area contributed by atoms with Gasteiger partial charge in [0.2, 0.25) is 0 Å². The summed E-state index contributed by atoms with van der Waals surface area (Å²) in [6.45, 7) is -0.0737. The van der Waals surface area contributed by atoms with Crippen LogP contribution < -0.4 is 5.56 Å². The minimum absolute atomic E-state index is 0.00875. The van der Waals surface area contributed by atoms with Gasteiger partial charge in [-0.1, -0.05) is 35.0 Å². The van der Waals surface area contributed by atoms with E-state index in [9.17, 15) is 18.0 Å². The number of hydrogen-bond donors (Lipinski definition) is 0. The number of benzene rings is 2. The predicted octanol–water partition coefficient (Wildman–Crippen LogP) is 3.70. The predicted molar refractivity (Wildman–Crippen MR) is 96.5 cm³/mol. The van der Waals surface area contributed by atoms with Crippen molar-refractivity contribution in [2.24, 2.45) is 0 Å². The maximum absolute atomic E-state index is 12.9. The second-order valence-electron chi connectivity index (χ2n) is 6.03. The molecule has 0 fully saturated rings. The summed E-state index contributed by atoms with van der Waals surface area (Å²) in [6, 6.07) is 11.6. The van der Waals surface area contributed by atoms with E-state index in [-0.39, 0.29) is 17.7 Å². The SMILES string of the molecule is O=c1c2nnn(-c3cccc(Cl)c3)c2ncn1Cc1cccc(C(F)(F)F)c1. The second kappa shape index (κ2) is 6.75. The van der Waals surface area contributed by atoms with Crippen molar-refractivity contribution in [3.63, 3.8) is 0 Å². The Balaban J connectivity index is 1.73. The third kappa shape index (κ3) is 3.36. The Bertz CT molecular complexity index is 1230. The lowest BCUT2D eigenvalue weighted by atomic mass is 10.1. The van der Waals surface area contributed by atoms with Crippen LogP contribution in [0.4, 0.5) is 13.2 Å². The molecule has 0 radical (unpaired) electrons. The van der Waals surface area contributed by atoms with Gasteiger partial charge < -0.3 is 0 Å². The topological polar surface area (TPSA) is 65.6 Å². The minimum Gasteiger partial charge on any atom is -0.293 e. The van der Waals surface area contributed by atoms with Gasteiger partial charge in [-0.3, -0.25) is 9.36 Å². The maximum Gasteiger partial charge on any atom is 0.416 e.